The maximum Gasteiger partial charge on any atom is 0.262 e. The summed E-state index contributed by atoms with van der Waals surface area (Å²) in [6, 6.07) is 15.9. The number of nitrogens with one attached hydrogen (secondary N) is 2. The van der Waals surface area contributed by atoms with Crippen molar-refractivity contribution in [3.8, 4) is 0 Å². The molecule has 1 atom stereocenters. The van der Waals surface area contributed by atoms with Gasteiger partial charge in [0.1, 0.15) is 5.76 Å². The number of furan rings is 1. The van der Waals surface area contributed by atoms with Gasteiger partial charge in [-0.15, -0.1) is 0 Å². The van der Waals surface area contributed by atoms with Gasteiger partial charge in [0.2, 0.25) is 5.91 Å². The summed E-state index contributed by atoms with van der Waals surface area (Å²) in [5.74, 6) is 0.158. The van der Waals surface area contributed by atoms with Gasteiger partial charge in [0.05, 0.1) is 35.6 Å². The van der Waals surface area contributed by atoms with E-state index in [-0.39, 0.29) is 35.8 Å². The van der Waals surface area contributed by atoms with Crippen molar-refractivity contribution in [2.24, 2.45) is 0 Å². The molecule has 0 unspecified atom stereocenters. The van der Waals surface area contributed by atoms with E-state index in [1.165, 1.54) is 10.8 Å². The molecule has 0 saturated carbocycles. The Hall–Kier alpha value is -3.89. The topological polar surface area (TPSA) is 115 Å². The maximum absolute atomic E-state index is 13.5. The van der Waals surface area contributed by atoms with Crippen LogP contribution in [0.2, 0.25) is 0 Å². The Bertz CT molecular complexity index is 1490. The molecule has 38 heavy (non-hydrogen) atoms. The van der Waals surface area contributed by atoms with Gasteiger partial charge in [-0.05, 0) is 62.2 Å². The molecule has 196 valence electrons. The molecule has 1 aliphatic heterocycles. The molecule has 2 N–H and O–H groups in total. The third-order valence-corrected chi connectivity index (χ3v) is 7.23. The van der Waals surface area contributed by atoms with Gasteiger partial charge < -0.3 is 19.8 Å². The van der Waals surface area contributed by atoms with E-state index in [9.17, 15) is 14.4 Å². The molecule has 0 aliphatic carbocycles. The van der Waals surface area contributed by atoms with E-state index < -0.39 is 0 Å². The molecule has 1 saturated heterocycles. The van der Waals surface area contributed by atoms with Gasteiger partial charge in [-0.2, -0.15) is 0 Å². The first-order valence-electron chi connectivity index (χ1n) is 12.4. The summed E-state index contributed by atoms with van der Waals surface area (Å²) < 4.78 is 12.5. The second-order valence-electron chi connectivity index (χ2n) is 9.14. The number of ether oxygens (including phenoxy) is 1. The Balaban J connectivity index is 1.39. The lowest BCUT2D eigenvalue weighted by molar-refractivity contribution is -0.113. The van der Waals surface area contributed by atoms with Crippen LogP contribution in [0, 0.1) is 6.92 Å². The van der Waals surface area contributed by atoms with Crippen LogP contribution in [0.25, 0.3) is 10.9 Å². The Morgan fingerprint density at radius 1 is 1.16 bits per heavy atom. The minimum Gasteiger partial charge on any atom is -0.467 e. The molecule has 1 aliphatic rings. The van der Waals surface area contributed by atoms with Crippen LogP contribution in [-0.2, 0) is 16.1 Å². The lowest BCUT2D eigenvalue weighted by atomic mass is 10.1. The van der Waals surface area contributed by atoms with Crippen LogP contribution < -0.4 is 16.2 Å². The van der Waals surface area contributed by atoms with Gasteiger partial charge in [-0.1, -0.05) is 29.5 Å². The van der Waals surface area contributed by atoms with Crippen molar-refractivity contribution in [1.29, 1.82) is 0 Å². The maximum atomic E-state index is 13.5. The number of thioether (sulfide) groups is 1. The monoisotopic (exact) mass is 532 g/mol. The highest BCUT2D eigenvalue weighted by molar-refractivity contribution is 7.99. The van der Waals surface area contributed by atoms with E-state index in [0.29, 0.717) is 46.2 Å². The van der Waals surface area contributed by atoms with Gasteiger partial charge in [0.15, 0.2) is 5.16 Å². The number of fused-ring (bicyclic) bond motifs is 1. The number of hydrogen-bond acceptors (Lipinski definition) is 7. The Kier molecular flexibility index (Phi) is 7.90. The first-order valence-corrected chi connectivity index (χ1v) is 13.4. The number of benzene rings is 2. The Morgan fingerprint density at radius 2 is 2.00 bits per heavy atom. The molecular formula is C28H28N4O5S. The number of aromatic nitrogens is 2. The molecule has 2 amide bonds. The minimum absolute atomic E-state index is 0.0281. The number of carbonyl (C=O) groups excluding carboxylic acids is 2. The van der Waals surface area contributed by atoms with Crippen LogP contribution in [0.4, 0.5) is 5.69 Å². The highest BCUT2D eigenvalue weighted by atomic mass is 32.2. The minimum atomic E-state index is -0.279. The largest absolute Gasteiger partial charge is 0.467 e. The van der Waals surface area contributed by atoms with Crippen molar-refractivity contribution in [2.45, 2.75) is 37.6 Å². The molecule has 2 aromatic carbocycles. The van der Waals surface area contributed by atoms with Crippen molar-refractivity contribution < 1.29 is 18.7 Å². The van der Waals surface area contributed by atoms with E-state index >= 15 is 0 Å². The molecule has 2 aromatic heterocycles. The van der Waals surface area contributed by atoms with E-state index in [4.69, 9.17) is 9.15 Å². The Labute approximate surface area is 223 Å². The summed E-state index contributed by atoms with van der Waals surface area (Å²) in [6.07, 6.45) is 3.49. The number of hydrogen-bond donors (Lipinski definition) is 2. The van der Waals surface area contributed by atoms with Gasteiger partial charge >= 0.3 is 0 Å². The van der Waals surface area contributed by atoms with E-state index in [1.807, 2.05) is 31.2 Å². The molecule has 1 fully saturated rings. The fraction of sp³-hybridized carbons (Fsp3) is 0.286. The summed E-state index contributed by atoms with van der Waals surface area (Å²) in [5, 5.41) is 6.49. The third-order valence-electron chi connectivity index (χ3n) is 6.26. The average molecular weight is 533 g/mol. The zero-order valence-electron chi connectivity index (χ0n) is 20.9. The summed E-state index contributed by atoms with van der Waals surface area (Å²) >= 11 is 1.15. The zero-order valence-corrected chi connectivity index (χ0v) is 21.8. The van der Waals surface area contributed by atoms with E-state index in [0.717, 1.165) is 30.2 Å². The van der Waals surface area contributed by atoms with Crippen LogP contribution in [0.1, 0.15) is 34.5 Å². The SMILES string of the molecule is Cc1ccc(NC(=O)CSc2nc3cc(C(=O)NC[C@@H]4CCCO4)ccc3c(=O)n2Cc2ccco2)cc1. The lowest BCUT2D eigenvalue weighted by Crippen LogP contribution is -2.31. The quantitative estimate of drug-likeness (QED) is 0.247. The van der Waals surface area contributed by atoms with Crippen molar-refractivity contribution in [3.05, 3.63) is 88.1 Å². The molecule has 0 bridgehead atoms. The van der Waals surface area contributed by atoms with Crippen molar-refractivity contribution in [2.75, 3.05) is 24.2 Å². The predicted octanol–water partition coefficient (Wildman–Crippen LogP) is 3.99. The first-order chi connectivity index (χ1) is 18.5. The number of anilines is 1. The first kappa shape index (κ1) is 25.7. The molecule has 0 spiro atoms. The van der Waals surface area contributed by atoms with Gasteiger partial charge in [0, 0.05) is 24.4 Å². The van der Waals surface area contributed by atoms with Crippen molar-refractivity contribution >= 4 is 40.2 Å². The van der Waals surface area contributed by atoms with Crippen LogP contribution in [-0.4, -0.2) is 46.4 Å². The fourth-order valence-corrected chi connectivity index (χ4v) is 5.03. The van der Waals surface area contributed by atoms with Crippen LogP contribution in [0.15, 0.2) is 75.2 Å². The molecule has 0 radical (unpaired) electrons. The lowest BCUT2D eigenvalue weighted by Gasteiger charge is -2.13. The summed E-state index contributed by atoms with van der Waals surface area (Å²) in [6.45, 7) is 3.30. The fourth-order valence-electron chi connectivity index (χ4n) is 4.23. The smallest absolute Gasteiger partial charge is 0.262 e. The highest BCUT2D eigenvalue weighted by Gasteiger charge is 2.19. The third kappa shape index (κ3) is 6.15. The number of carbonyl (C=O) groups is 2. The number of amides is 2. The van der Waals surface area contributed by atoms with Crippen LogP contribution in [0.5, 0.6) is 0 Å². The molecule has 10 heteroatoms. The second-order valence-corrected chi connectivity index (χ2v) is 10.1. The highest BCUT2D eigenvalue weighted by Crippen LogP contribution is 2.21. The molecular weight excluding hydrogens is 504 g/mol. The average Bonchev–Trinajstić information content (AvgIpc) is 3.63. The van der Waals surface area contributed by atoms with Crippen LogP contribution in [0.3, 0.4) is 0 Å². The van der Waals surface area contributed by atoms with E-state index in [2.05, 4.69) is 15.6 Å². The van der Waals surface area contributed by atoms with E-state index in [1.54, 1.807) is 30.3 Å². The predicted molar refractivity (Wildman–Crippen MR) is 146 cm³/mol. The normalized spacial score (nSPS) is 15.0. The molecule has 3 heterocycles. The standard InChI is InChI=1S/C28H28N4O5S/c1-18-6-9-20(10-7-18)30-25(33)17-38-28-31-24-14-19(26(34)29-15-21-4-2-12-36-21)8-11-23(24)27(35)32(28)16-22-5-3-13-37-22/h3,5-11,13-14,21H,2,4,12,15-17H2,1H3,(H,29,34)(H,30,33)/t21-/m0/s1. The van der Waals surface area contributed by atoms with Gasteiger partial charge in [-0.3, -0.25) is 19.0 Å². The van der Waals surface area contributed by atoms with Crippen LogP contribution >= 0.6 is 11.8 Å². The van der Waals surface area contributed by atoms with Crippen molar-refractivity contribution in [1.82, 2.24) is 14.9 Å². The number of aryl methyl sites for hydroxylation is 1. The number of nitrogens with zero attached hydrogens (tertiary/aromatic N) is 2. The summed E-state index contributed by atoms with van der Waals surface area (Å²) in [5.41, 5.74) is 2.30. The molecule has 4 aromatic rings. The summed E-state index contributed by atoms with van der Waals surface area (Å²) in [4.78, 5) is 43.6. The Morgan fingerprint density at radius 3 is 2.74 bits per heavy atom. The zero-order chi connectivity index (χ0) is 26.5. The van der Waals surface area contributed by atoms with Gasteiger partial charge in [-0.25, -0.2) is 4.98 Å². The van der Waals surface area contributed by atoms with Gasteiger partial charge in [0.25, 0.3) is 11.5 Å². The summed E-state index contributed by atoms with van der Waals surface area (Å²) in [7, 11) is 0. The van der Waals surface area contributed by atoms with Crippen molar-refractivity contribution in [3.63, 3.8) is 0 Å². The number of rotatable bonds is 9. The second kappa shape index (κ2) is 11.7. The molecule has 5 rings (SSSR count). The molecule has 9 nitrogen and oxygen atoms in total.